The Kier molecular flexibility index (Phi) is 6.54. The van der Waals surface area contributed by atoms with Gasteiger partial charge in [0.25, 0.3) is 0 Å². The van der Waals surface area contributed by atoms with Crippen LogP contribution in [0.4, 0.5) is 43.9 Å². The number of alkyl halides is 10. The first kappa shape index (κ1) is 24.2. The average Bonchev–Trinajstić information content (AvgIpc) is 2.42. The quantitative estimate of drug-likeness (QED) is 0.540. The topological polar surface area (TPSA) is 18.5 Å². The van der Waals surface area contributed by atoms with Crippen molar-refractivity contribution in [2.75, 3.05) is 7.11 Å². The van der Waals surface area contributed by atoms with Crippen molar-refractivity contribution >= 4 is 0 Å². The third kappa shape index (κ3) is 3.83. The second kappa shape index (κ2) is 6.75. The summed E-state index contributed by atoms with van der Waals surface area (Å²) in [5.74, 6) is 0. The molecule has 0 bridgehead atoms. The summed E-state index contributed by atoms with van der Waals surface area (Å²) in [5.41, 5.74) is -13.2. The van der Waals surface area contributed by atoms with Crippen LogP contribution in [0.2, 0.25) is 0 Å². The lowest BCUT2D eigenvalue weighted by Crippen LogP contribution is -2.70. The molecule has 152 valence electrons. The number of ether oxygens (including phenoxy) is 2. The van der Waals surface area contributed by atoms with Gasteiger partial charge in [-0.1, -0.05) is 6.92 Å². The molecule has 0 aliphatic heterocycles. The number of halogens is 10. The van der Waals surface area contributed by atoms with Crippen LogP contribution in [0.15, 0.2) is 0 Å². The molecule has 0 N–H and O–H groups in total. The smallest absolute Gasteiger partial charge is 0.374 e. The zero-order chi connectivity index (χ0) is 20.7. The average molecular weight is 396 g/mol. The van der Waals surface area contributed by atoms with Crippen molar-refractivity contribution in [3.05, 3.63) is 0 Å². The van der Waals surface area contributed by atoms with Crippen molar-refractivity contribution in [1.82, 2.24) is 0 Å². The van der Waals surface area contributed by atoms with Crippen molar-refractivity contribution in [3.8, 4) is 0 Å². The molecule has 0 aliphatic rings. The van der Waals surface area contributed by atoms with Gasteiger partial charge in [-0.3, -0.25) is 0 Å². The normalized spacial score (nSPS) is 22.7. The minimum Gasteiger partial charge on any atom is -0.374 e. The maximum atomic E-state index is 14.6. The molecule has 0 spiro atoms. The highest BCUT2D eigenvalue weighted by Gasteiger charge is 2.81. The van der Waals surface area contributed by atoms with Gasteiger partial charge in [0.2, 0.25) is 5.67 Å². The Hall–Kier alpha value is -0.780. The van der Waals surface area contributed by atoms with Crippen molar-refractivity contribution in [3.63, 3.8) is 0 Å². The zero-order valence-electron chi connectivity index (χ0n) is 13.9. The Bertz CT molecular complexity index is 453. The summed E-state index contributed by atoms with van der Waals surface area (Å²) >= 11 is 0. The van der Waals surface area contributed by atoms with Gasteiger partial charge in [-0.25, -0.2) is 8.78 Å². The lowest BCUT2D eigenvalue weighted by atomic mass is 9.81. The van der Waals surface area contributed by atoms with E-state index in [1.165, 1.54) is 0 Å². The molecule has 0 aromatic rings. The Balaban J connectivity index is 6.15. The number of hydrogen-bond donors (Lipinski definition) is 0. The molecular weight excluding hydrogens is 378 g/mol. The minimum absolute atomic E-state index is 0.119. The van der Waals surface area contributed by atoms with Crippen LogP contribution in [0.5, 0.6) is 0 Å². The van der Waals surface area contributed by atoms with E-state index >= 15 is 0 Å². The van der Waals surface area contributed by atoms with Gasteiger partial charge in [0.15, 0.2) is 0 Å². The molecule has 0 aromatic carbocycles. The van der Waals surface area contributed by atoms with E-state index in [4.69, 9.17) is 0 Å². The summed E-state index contributed by atoms with van der Waals surface area (Å²) < 4.78 is 141. The van der Waals surface area contributed by atoms with Crippen LogP contribution in [-0.4, -0.2) is 48.6 Å². The lowest BCUT2D eigenvalue weighted by Gasteiger charge is -2.46. The van der Waals surface area contributed by atoms with E-state index in [0.717, 1.165) is 6.92 Å². The van der Waals surface area contributed by atoms with Crippen LogP contribution in [0.1, 0.15) is 34.1 Å². The molecule has 0 saturated carbocycles. The molecule has 4 unspecified atom stereocenters. The van der Waals surface area contributed by atoms with Gasteiger partial charge in [0.1, 0.15) is 11.7 Å². The highest BCUT2D eigenvalue weighted by Crippen LogP contribution is 2.55. The molecule has 0 amide bonds. The molecule has 2 nitrogen and oxygen atoms in total. The molecule has 0 fully saturated rings. The lowest BCUT2D eigenvalue weighted by molar-refractivity contribution is -0.435. The Morgan fingerprint density at radius 2 is 1.20 bits per heavy atom. The number of rotatable bonds is 7. The number of hydrogen-bond acceptors (Lipinski definition) is 2. The molecule has 0 saturated heterocycles. The number of methoxy groups -OCH3 is 1. The zero-order valence-corrected chi connectivity index (χ0v) is 13.9. The van der Waals surface area contributed by atoms with Crippen molar-refractivity contribution in [1.29, 1.82) is 0 Å². The van der Waals surface area contributed by atoms with Gasteiger partial charge >= 0.3 is 24.1 Å². The molecular formula is C13H18F10O2. The third-order valence-electron chi connectivity index (χ3n) is 4.29. The minimum atomic E-state index is -6.30. The predicted molar refractivity (Wildman–Crippen MR) is 66.7 cm³/mol. The fraction of sp³-hybridized carbons (Fsp3) is 1.00. The van der Waals surface area contributed by atoms with Crippen LogP contribution in [0.3, 0.4) is 0 Å². The van der Waals surface area contributed by atoms with Crippen LogP contribution in [-0.2, 0) is 9.47 Å². The molecule has 0 aromatic heterocycles. The summed E-state index contributed by atoms with van der Waals surface area (Å²) in [6.45, 7) is 1.14. The first-order valence-corrected chi connectivity index (χ1v) is 6.87. The molecule has 25 heavy (non-hydrogen) atoms. The van der Waals surface area contributed by atoms with E-state index in [2.05, 4.69) is 9.47 Å². The summed E-state index contributed by atoms with van der Waals surface area (Å²) in [4.78, 5) is 0. The molecule has 4 atom stereocenters. The molecule has 0 heterocycles. The predicted octanol–water partition coefficient (Wildman–Crippen LogP) is 5.36. The second-order valence-electron chi connectivity index (χ2n) is 5.79. The monoisotopic (exact) mass is 396 g/mol. The van der Waals surface area contributed by atoms with Crippen LogP contribution in [0.25, 0.3) is 0 Å². The van der Waals surface area contributed by atoms with Gasteiger partial charge in [-0.05, 0) is 27.2 Å². The van der Waals surface area contributed by atoms with E-state index in [1.807, 2.05) is 0 Å². The van der Waals surface area contributed by atoms with Crippen LogP contribution < -0.4 is 0 Å². The highest BCUT2D eigenvalue weighted by atomic mass is 19.4. The molecule has 12 heteroatoms. The Labute approximate surface area is 137 Å². The molecule has 0 rings (SSSR count). The van der Waals surface area contributed by atoms with E-state index < -0.39 is 47.9 Å². The summed E-state index contributed by atoms with van der Waals surface area (Å²) in [6.07, 6.45) is -22.0. The maximum Gasteiger partial charge on any atom is 0.434 e. The van der Waals surface area contributed by atoms with Crippen LogP contribution >= 0.6 is 0 Å². The fourth-order valence-electron chi connectivity index (χ4n) is 1.95. The summed E-state index contributed by atoms with van der Waals surface area (Å²) in [5, 5.41) is 0. The van der Waals surface area contributed by atoms with E-state index in [9.17, 15) is 43.9 Å². The maximum absolute atomic E-state index is 14.6. The first-order valence-electron chi connectivity index (χ1n) is 6.87. The SMILES string of the molecule is CCC(C)(OC)C(F)(C(F)(F)F)C(F)(F)OC(C)C(C)(F)C(F)(F)F. The van der Waals surface area contributed by atoms with Crippen molar-refractivity contribution in [2.45, 2.75) is 75.6 Å². The highest BCUT2D eigenvalue weighted by molar-refractivity contribution is 5.09. The first-order chi connectivity index (χ1) is 10.7. The van der Waals surface area contributed by atoms with Gasteiger partial charge in [0, 0.05) is 7.11 Å². The van der Waals surface area contributed by atoms with Gasteiger partial charge in [-0.2, -0.15) is 35.1 Å². The Morgan fingerprint density at radius 1 is 0.800 bits per heavy atom. The van der Waals surface area contributed by atoms with Crippen molar-refractivity contribution < 1.29 is 53.4 Å². The summed E-state index contributed by atoms with van der Waals surface area (Å²) in [7, 11) is 0.512. The van der Waals surface area contributed by atoms with Gasteiger partial charge in [-0.15, -0.1) is 0 Å². The molecule has 0 radical (unpaired) electrons. The largest absolute Gasteiger partial charge is 0.434 e. The van der Waals surface area contributed by atoms with Gasteiger partial charge < -0.3 is 9.47 Å². The van der Waals surface area contributed by atoms with Gasteiger partial charge in [0.05, 0.1) is 0 Å². The standard InChI is InChI=1S/C13H18F10O2/c1-6-8(3,24-5)10(15,12(19,20)21)13(22,23)25-7(2)9(4,14)11(16,17)18/h7H,6H2,1-5H3. The summed E-state index contributed by atoms with van der Waals surface area (Å²) in [6, 6.07) is 0. The van der Waals surface area contributed by atoms with Crippen LogP contribution in [0, 0.1) is 0 Å². The third-order valence-corrected chi connectivity index (χ3v) is 4.29. The van der Waals surface area contributed by atoms with E-state index in [-0.39, 0.29) is 13.8 Å². The molecule has 0 aliphatic carbocycles. The van der Waals surface area contributed by atoms with E-state index in [1.54, 1.807) is 0 Å². The second-order valence-corrected chi connectivity index (χ2v) is 5.79. The van der Waals surface area contributed by atoms with Crippen molar-refractivity contribution in [2.24, 2.45) is 0 Å². The fourth-order valence-corrected chi connectivity index (χ4v) is 1.95. The van der Waals surface area contributed by atoms with E-state index in [0.29, 0.717) is 14.0 Å². The Morgan fingerprint density at radius 3 is 1.44 bits per heavy atom.